The molecule has 0 saturated carbocycles. The van der Waals surface area contributed by atoms with Crippen LogP contribution < -0.4 is 5.73 Å². The maximum Gasteiger partial charge on any atom is 0.257 e. The van der Waals surface area contributed by atoms with Crippen molar-refractivity contribution in [3.8, 4) is 11.9 Å². The first kappa shape index (κ1) is 10.4. The lowest BCUT2D eigenvalue weighted by Gasteiger charge is -2.04. The third-order valence-corrected chi connectivity index (χ3v) is 2.26. The summed E-state index contributed by atoms with van der Waals surface area (Å²) in [7, 11) is 0. The number of anilines is 1. The van der Waals surface area contributed by atoms with Gasteiger partial charge in [-0.05, 0) is 18.6 Å². The maximum atomic E-state index is 5.67. The predicted molar refractivity (Wildman–Crippen MR) is 63.2 cm³/mol. The van der Waals surface area contributed by atoms with Gasteiger partial charge < -0.3 is 5.73 Å². The van der Waals surface area contributed by atoms with E-state index in [1.807, 2.05) is 13.1 Å². The Morgan fingerprint density at radius 3 is 2.44 bits per heavy atom. The quantitative estimate of drug-likeness (QED) is 0.685. The van der Waals surface area contributed by atoms with Crippen LogP contribution in [0.1, 0.15) is 5.56 Å². The highest BCUT2D eigenvalue weighted by molar-refractivity contribution is 5.28. The number of hydrogen-bond acceptors (Lipinski definition) is 6. The molecule has 0 aliphatic heterocycles. The highest BCUT2D eigenvalue weighted by Crippen LogP contribution is 2.07. The summed E-state index contributed by atoms with van der Waals surface area (Å²) in [5.74, 6) is 0.843. The van der Waals surface area contributed by atoms with E-state index in [0.29, 0.717) is 11.9 Å². The molecule has 0 bridgehead atoms. The normalized spacial score (nSPS) is 10.7. The summed E-state index contributed by atoms with van der Waals surface area (Å²) < 4.78 is 3.05. The van der Waals surface area contributed by atoms with Crippen LogP contribution in [0.5, 0.6) is 0 Å². The largest absolute Gasteiger partial charge is 0.368 e. The standard InChI is InChI=1S/C10H10N8/c1-7-5-13-18(6-7)10-15-8(11)14-9(16-10)17-4-2-3-12-17/h2-6H,1H3,(H2,11,14,15,16). The van der Waals surface area contributed by atoms with Crippen molar-refractivity contribution in [3.05, 3.63) is 36.4 Å². The maximum absolute atomic E-state index is 5.67. The molecule has 8 nitrogen and oxygen atoms in total. The van der Waals surface area contributed by atoms with Gasteiger partial charge in [-0.3, -0.25) is 0 Å². The van der Waals surface area contributed by atoms with Crippen LogP contribution in [-0.2, 0) is 0 Å². The second-order valence-electron chi connectivity index (χ2n) is 3.71. The molecule has 2 N–H and O–H groups in total. The van der Waals surface area contributed by atoms with Crippen LogP contribution >= 0.6 is 0 Å². The zero-order chi connectivity index (χ0) is 12.5. The van der Waals surface area contributed by atoms with Crippen molar-refractivity contribution in [2.24, 2.45) is 0 Å². The van der Waals surface area contributed by atoms with Gasteiger partial charge in [0.15, 0.2) is 0 Å². The molecular weight excluding hydrogens is 232 g/mol. The summed E-state index contributed by atoms with van der Waals surface area (Å²) >= 11 is 0. The molecule has 8 heteroatoms. The van der Waals surface area contributed by atoms with Gasteiger partial charge in [-0.1, -0.05) is 0 Å². The number of rotatable bonds is 2. The van der Waals surface area contributed by atoms with Crippen LogP contribution in [0.2, 0.25) is 0 Å². The molecule has 0 unspecified atom stereocenters. The van der Waals surface area contributed by atoms with Crippen molar-refractivity contribution >= 4 is 5.95 Å². The average molecular weight is 242 g/mol. The van der Waals surface area contributed by atoms with Crippen LogP contribution in [0, 0.1) is 6.92 Å². The van der Waals surface area contributed by atoms with Crippen molar-refractivity contribution in [2.45, 2.75) is 6.92 Å². The second-order valence-corrected chi connectivity index (χ2v) is 3.71. The fraction of sp³-hybridized carbons (Fsp3) is 0.100. The highest BCUT2D eigenvalue weighted by Gasteiger charge is 2.08. The van der Waals surface area contributed by atoms with Gasteiger partial charge in [0.2, 0.25) is 5.95 Å². The number of nitrogen functional groups attached to an aromatic ring is 1. The van der Waals surface area contributed by atoms with Gasteiger partial charge in [0.1, 0.15) is 0 Å². The van der Waals surface area contributed by atoms with Gasteiger partial charge in [0.05, 0.1) is 6.20 Å². The number of aryl methyl sites for hydroxylation is 1. The fourth-order valence-corrected chi connectivity index (χ4v) is 1.48. The molecule has 3 rings (SSSR count). The molecule has 0 saturated heterocycles. The van der Waals surface area contributed by atoms with Gasteiger partial charge in [-0.15, -0.1) is 0 Å². The van der Waals surface area contributed by atoms with Crippen molar-refractivity contribution in [1.82, 2.24) is 34.5 Å². The summed E-state index contributed by atoms with van der Waals surface area (Å²) in [5.41, 5.74) is 6.67. The number of aromatic nitrogens is 7. The Balaban J connectivity index is 2.11. The van der Waals surface area contributed by atoms with E-state index in [1.54, 1.807) is 29.3 Å². The Labute approximate surface area is 102 Å². The van der Waals surface area contributed by atoms with E-state index >= 15 is 0 Å². The first-order valence-electron chi connectivity index (χ1n) is 5.25. The van der Waals surface area contributed by atoms with E-state index in [9.17, 15) is 0 Å². The van der Waals surface area contributed by atoms with Crippen LogP contribution in [0.4, 0.5) is 5.95 Å². The molecule has 90 valence electrons. The minimum absolute atomic E-state index is 0.124. The summed E-state index contributed by atoms with van der Waals surface area (Å²) in [6.07, 6.45) is 6.89. The van der Waals surface area contributed by atoms with Gasteiger partial charge in [0.25, 0.3) is 11.9 Å². The molecule has 0 radical (unpaired) electrons. The molecule has 3 heterocycles. The Morgan fingerprint density at radius 1 is 1.06 bits per heavy atom. The first-order chi connectivity index (χ1) is 8.72. The van der Waals surface area contributed by atoms with Gasteiger partial charge >= 0.3 is 0 Å². The van der Waals surface area contributed by atoms with Crippen molar-refractivity contribution in [2.75, 3.05) is 5.73 Å². The molecule has 18 heavy (non-hydrogen) atoms. The minimum atomic E-state index is 0.124. The molecule has 0 fully saturated rings. The van der Waals surface area contributed by atoms with E-state index in [1.165, 1.54) is 4.68 Å². The van der Waals surface area contributed by atoms with Crippen molar-refractivity contribution < 1.29 is 0 Å². The fourth-order valence-electron chi connectivity index (χ4n) is 1.48. The zero-order valence-electron chi connectivity index (χ0n) is 9.59. The smallest absolute Gasteiger partial charge is 0.257 e. The lowest BCUT2D eigenvalue weighted by atomic mass is 10.4. The van der Waals surface area contributed by atoms with Crippen LogP contribution in [-0.4, -0.2) is 34.5 Å². The Morgan fingerprint density at radius 2 is 1.83 bits per heavy atom. The van der Waals surface area contributed by atoms with Gasteiger partial charge in [-0.2, -0.15) is 25.1 Å². The third kappa shape index (κ3) is 1.79. The Hall–Kier alpha value is -2.77. The van der Waals surface area contributed by atoms with Crippen LogP contribution in [0.15, 0.2) is 30.9 Å². The molecule has 0 aromatic carbocycles. The van der Waals surface area contributed by atoms with Gasteiger partial charge in [0, 0.05) is 18.6 Å². The summed E-state index contributed by atoms with van der Waals surface area (Å²) in [4.78, 5) is 12.3. The topological polar surface area (TPSA) is 100 Å². The second kappa shape index (κ2) is 3.91. The highest BCUT2D eigenvalue weighted by atomic mass is 15.4. The van der Waals surface area contributed by atoms with Crippen molar-refractivity contribution in [3.63, 3.8) is 0 Å². The predicted octanol–water partition coefficient (Wildman–Crippen LogP) is 0.134. The number of nitrogens with zero attached hydrogens (tertiary/aromatic N) is 7. The van der Waals surface area contributed by atoms with Crippen LogP contribution in [0.25, 0.3) is 11.9 Å². The van der Waals surface area contributed by atoms with Crippen LogP contribution in [0.3, 0.4) is 0 Å². The first-order valence-corrected chi connectivity index (χ1v) is 5.25. The molecule has 0 amide bonds. The lowest BCUT2D eigenvalue weighted by molar-refractivity contribution is 0.748. The van der Waals surface area contributed by atoms with E-state index in [4.69, 9.17) is 5.73 Å². The molecule has 0 atom stereocenters. The summed E-state index contributed by atoms with van der Waals surface area (Å²) in [5, 5.41) is 8.17. The average Bonchev–Trinajstić information content (AvgIpc) is 2.98. The lowest BCUT2D eigenvalue weighted by Crippen LogP contribution is -2.11. The van der Waals surface area contributed by atoms with Crippen molar-refractivity contribution in [1.29, 1.82) is 0 Å². The van der Waals surface area contributed by atoms with E-state index in [2.05, 4.69) is 25.1 Å². The summed E-state index contributed by atoms with van der Waals surface area (Å²) in [6.45, 7) is 1.93. The van der Waals surface area contributed by atoms with Gasteiger partial charge in [-0.25, -0.2) is 9.36 Å². The zero-order valence-corrected chi connectivity index (χ0v) is 9.59. The third-order valence-electron chi connectivity index (χ3n) is 2.26. The summed E-state index contributed by atoms with van der Waals surface area (Å²) in [6, 6.07) is 1.78. The Bertz CT molecular complexity index is 669. The molecule has 3 aromatic rings. The number of hydrogen-bond donors (Lipinski definition) is 1. The molecule has 3 aromatic heterocycles. The van der Waals surface area contributed by atoms with E-state index in [0.717, 1.165) is 5.56 Å². The van der Waals surface area contributed by atoms with E-state index in [-0.39, 0.29) is 5.95 Å². The monoisotopic (exact) mass is 242 g/mol. The molecular formula is C10H10N8. The number of nitrogens with two attached hydrogens (primary N) is 1. The minimum Gasteiger partial charge on any atom is -0.368 e. The molecule has 0 spiro atoms. The molecule has 0 aliphatic carbocycles. The Kier molecular flexibility index (Phi) is 2.26. The molecule has 0 aliphatic rings. The SMILES string of the molecule is Cc1cnn(-c2nc(N)nc(-n3cccn3)n2)c1. The van der Waals surface area contributed by atoms with E-state index < -0.39 is 0 Å².